The van der Waals surface area contributed by atoms with E-state index in [9.17, 15) is 12.8 Å². The molecule has 0 radical (unpaired) electrons. The van der Waals surface area contributed by atoms with Crippen molar-refractivity contribution in [3.63, 3.8) is 0 Å². The number of sulfonamides is 1. The lowest BCUT2D eigenvalue weighted by molar-refractivity contribution is 0.411. The van der Waals surface area contributed by atoms with Crippen LogP contribution in [0.15, 0.2) is 47.4 Å². The van der Waals surface area contributed by atoms with E-state index in [1.165, 1.54) is 43.5 Å². The highest BCUT2D eigenvalue weighted by Gasteiger charge is 2.15. The zero-order valence-electron chi connectivity index (χ0n) is 11.1. The molecule has 0 unspecified atom stereocenters. The van der Waals surface area contributed by atoms with Crippen molar-refractivity contribution in [2.24, 2.45) is 0 Å². The molecule has 2 aromatic rings. The Morgan fingerprint density at radius 3 is 2.30 bits per heavy atom. The summed E-state index contributed by atoms with van der Waals surface area (Å²) in [5.74, 6) is 0.193. The summed E-state index contributed by atoms with van der Waals surface area (Å²) in [6.45, 7) is 1.76. The molecular weight excluding hydrogens is 281 g/mol. The summed E-state index contributed by atoms with van der Waals surface area (Å²) in [4.78, 5) is 0.125. The Balaban J connectivity index is 2.30. The fraction of sp³-hybridized carbons (Fsp3) is 0.143. The monoisotopic (exact) mass is 295 g/mol. The molecule has 0 aliphatic rings. The maximum atomic E-state index is 12.8. The van der Waals surface area contributed by atoms with Gasteiger partial charge in [-0.1, -0.05) is 0 Å². The summed E-state index contributed by atoms with van der Waals surface area (Å²) >= 11 is 0. The van der Waals surface area contributed by atoms with Gasteiger partial charge in [-0.15, -0.1) is 0 Å². The largest absolute Gasteiger partial charge is 0.496 e. The highest BCUT2D eigenvalue weighted by molar-refractivity contribution is 7.92. The Hall–Kier alpha value is -2.08. The van der Waals surface area contributed by atoms with Gasteiger partial charge in [0.1, 0.15) is 11.6 Å². The van der Waals surface area contributed by atoms with Crippen molar-refractivity contribution in [3.8, 4) is 5.75 Å². The summed E-state index contributed by atoms with van der Waals surface area (Å²) in [6, 6.07) is 9.68. The van der Waals surface area contributed by atoms with Crippen LogP contribution in [0, 0.1) is 12.7 Å². The van der Waals surface area contributed by atoms with Crippen LogP contribution in [-0.4, -0.2) is 15.5 Å². The first-order chi connectivity index (χ1) is 9.42. The predicted octanol–water partition coefficient (Wildman–Crippen LogP) is 2.94. The highest BCUT2D eigenvalue weighted by Crippen LogP contribution is 2.23. The molecule has 0 atom stereocenters. The van der Waals surface area contributed by atoms with E-state index in [1.807, 2.05) is 0 Å². The van der Waals surface area contributed by atoms with Crippen LogP contribution in [0.3, 0.4) is 0 Å². The van der Waals surface area contributed by atoms with Crippen molar-refractivity contribution < 1.29 is 17.5 Å². The molecule has 0 heterocycles. The van der Waals surface area contributed by atoms with Crippen LogP contribution in [0.1, 0.15) is 5.56 Å². The van der Waals surface area contributed by atoms with Crippen molar-refractivity contribution in [1.82, 2.24) is 0 Å². The Kier molecular flexibility index (Phi) is 3.94. The fourth-order valence-electron chi connectivity index (χ4n) is 1.75. The first kappa shape index (κ1) is 14.3. The number of anilines is 1. The van der Waals surface area contributed by atoms with E-state index in [1.54, 1.807) is 13.0 Å². The standard InChI is InChI=1S/C14H14FNO3S/c1-10-9-13(7-8-14(10)19-2)20(17,18)16-12-5-3-11(15)4-6-12/h3-9,16H,1-2H3. The van der Waals surface area contributed by atoms with E-state index < -0.39 is 15.8 Å². The number of ether oxygens (including phenoxy) is 1. The van der Waals surface area contributed by atoms with E-state index in [0.29, 0.717) is 11.4 Å². The van der Waals surface area contributed by atoms with Gasteiger partial charge in [0.05, 0.1) is 12.0 Å². The molecule has 0 aliphatic heterocycles. The van der Waals surface area contributed by atoms with E-state index >= 15 is 0 Å². The molecule has 2 rings (SSSR count). The molecule has 4 nitrogen and oxygen atoms in total. The maximum absolute atomic E-state index is 12.8. The van der Waals surface area contributed by atoms with Crippen molar-refractivity contribution >= 4 is 15.7 Å². The van der Waals surface area contributed by atoms with E-state index in [-0.39, 0.29) is 4.90 Å². The lowest BCUT2D eigenvalue weighted by Gasteiger charge is -2.10. The molecule has 1 N–H and O–H groups in total. The van der Waals surface area contributed by atoms with Crippen LogP contribution >= 0.6 is 0 Å². The molecule has 0 amide bonds. The topological polar surface area (TPSA) is 55.4 Å². The number of nitrogens with one attached hydrogen (secondary N) is 1. The Morgan fingerprint density at radius 1 is 1.10 bits per heavy atom. The number of hydrogen-bond donors (Lipinski definition) is 1. The first-order valence-corrected chi connectivity index (χ1v) is 7.34. The number of aryl methyl sites for hydroxylation is 1. The Morgan fingerprint density at radius 2 is 1.75 bits per heavy atom. The summed E-state index contributed by atoms with van der Waals surface area (Å²) < 4.78 is 44.7. The molecule has 6 heteroatoms. The third-order valence-corrected chi connectivity index (χ3v) is 4.15. The molecule has 106 valence electrons. The van der Waals surface area contributed by atoms with Gasteiger partial charge in [-0.2, -0.15) is 0 Å². The molecule has 2 aromatic carbocycles. The minimum absolute atomic E-state index is 0.125. The van der Waals surface area contributed by atoms with Gasteiger partial charge in [-0.25, -0.2) is 12.8 Å². The fourth-order valence-corrected chi connectivity index (χ4v) is 2.89. The summed E-state index contributed by atoms with van der Waals surface area (Å²) in [5, 5.41) is 0. The Bertz CT molecular complexity index is 712. The molecule has 0 aliphatic carbocycles. The third kappa shape index (κ3) is 3.08. The molecule has 0 spiro atoms. The van der Waals surface area contributed by atoms with Gasteiger partial charge in [0.15, 0.2) is 0 Å². The van der Waals surface area contributed by atoms with Crippen LogP contribution in [0.4, 0.5) is 10.1 Å². The number of methoxy groups -OCH3 is 1. The van der Waals surface area contributed by atoms with Crippen LogP contribution < -0.4 is 9.46 Å². The van der Waals surface area contributed by atoms with E-state index in [2.05, 4.69) is 4.72 Å². The van der Waals surface area contributed by atoms with Gasteiger partial charge >= 0.3 is 0 Å². The normalized spacial score (nSPS) is 11.2. The number of hydrogen-bond acceptors (Lipinski definition) is 3. The van der Waals surface area contributed by atoms with E-state index in [0.717, 1.165) is 5.56 Å². The van der Waals surface area contributed by atoms with Gasteiger partial charge in [0, 0.05) is 5.69 Å². The second-order valence-electron chi connectivity index (χ2n) is 4.24. The number of benzene rings is 2. The predicted molar refractivity (Wildman–Crippen MR) is 74.9 cm³/mol. The molecular formula is C14H14FNO3S. The van der Waals surface area contributed by atoms with Crippen LogP contribution in [-0.2, 0) is 10.0 Å². The Labute approximate surface area is 117 Å². The molecule has 0 aromatic heterocycles. The van der Waals surface area contributed by atoms with Gasteiger partial charge in [-0.3, -0.25) is 4.72 Å². The molecule has 20 heavy (non-hydrogen) atoms. The van der Waals surface area contributed by atoms with Crippen LogP contribution in [0.25, 0.3) is 0 Å². The molecule has 0 bridgehead atoms. The highest BCUT2D eigenvalue weighted by atomic mass is 32.2. The SMILES string of the molecule is COc1ccc(S(=O)(=O)Nc2ccc(F)cc2)cc1C. The van der Waals surface area contributed by atoms with Gasteiger partial charge in [0.2, 0.25) is 0 Å². The van der Waals surface area contributed by atoms with Crippen molar-refractivity contribution in [2.75, 3.05) is 11.8 Å². The van der Waals surface area contributed by atoms with Crippen LogP contribution in [0.2, 0.25) is 0 Å². The van der Waals surface area contributed by atoms with Gasteiger partial charge in [-0.05, 0) is 55.0 Å². The molecule has 0 fully saturated rings. The molecule has 0 saturated heterocycles. The smallest absolute Gasteiger partial charge is 0.261 e. The zero-order valence-corrected chi connectivity index (χ0v) is 11.9. The second-order valence-corrected chi connectivity index (χ2v) is 5.93. The number of rotatable bonds is 4. The second kappa shape index (κ2) is 5.50. The molecule has 0 saturated carbocycles. The van der Waals surface area contributed by atoms with E-state index in [4.69, 9.17) is 4.74 Å². The quantitative estimate of drug-likeness (QED) is 0.943. The lowest BCUT2D eigenvalue weighted by Crippen LogP contribution is -2.13. The maximum Gasteiger partial charge on any atom is 0.261 e. The first-order valence-electron chi connectivity index (χ1n) is 5.85. The van der Waals surface area contributed by atoms with Crippen molar-refractivity contribution in [3.05, 3.63) is 53.8 Å². The third-order valence-electron chi connectivity index (χ3n) is 2.77. The van der Waals surface area contributed by atoms with Crippen molar-refractivity contribution in [2.45, 2.75) is 11.8 Å². The average Bonchev–Trinajstić information content (AvgIpc) is 2.41. The number of halogens is 1. The summed E-state index contributed by atoms with van der Waals surface area (Å²) in [7, 11) is -2.18. The lowest BCUT2D eigenvalue weighted by atomic mass is 10.2. The van der Waals surface area contributed by atoms with Crippen molar-refractivity contribution in [1.29, 1.82) is 0 Å². The van der Waals surface area contributed by atoms with Crippen LogP contribution in [0.5, 0.6) is 5.75 Å². The summed E-state index contributed by atoms with van der Waals surface area (Å²) in [6.07, 6.45) is 0. The minimum atomic E-state index is -3.70. The van der Waals surface area contributed by atoms with Gasteiger partial charge in [0.25, 0.3) is 10.0 Å². The van der Waals surface area contributed by atoms with Gasteiger partial charge < -0.3 is 4.74 Å². The summed E-state index contributed by atoms with van der Waals surface area (Å²) in [5.41, 5.74) is 1.02. The zero-order chi connectivity index (χ0) is 14.8. The average molecular weight is 295 g/mol. The minimum Gasteiger partial charge on any atom is -0.496 e.